The number of ketones is 2. The molecule has 4 aliphatic carbocycles. The Kier molecular flexibility index (Phi) is 4.32. The highest BCUT2D eigenvalue weighted by Gasteiger charge is 2.41. The first-order valence-electron chi connectivity index (χ1n) is 12.5. The van der Waals surface area contributed by atoms with Gasteiger partial charge < -0.3 is 0 Å². The molecule has 0 heterocycles. The van der Waals surface area contributed by atoms with Crippen molar-refractivity contribution in [2.45, 2.75) is 10.8 Å². The predicted molar refractivity (Wildman–Crippen MR) is 149 cm³/mol. The lowest BCUT2D eigenvalue weighted by molar-refractivity contribution is 0.101. The lowest BCUT2D eigenvalue weighted by Gasteiger charge is -2.38. The summed E-state index contributed by atoms with van der Waals surface area (Å²) in [5.41, 5.74) is 7.65. The van der Waals surface area contributed by atoms with E-state index in [1.165, 1.54) is 5.57 Å². The molecule has 4 aliphatic rings. The molecule has 0 spiro atoms. The lowest BCUT2D eigenvalue weighted by Crippen LogP contribution is -2.31. The van der Waals surface area contributed by atoms with Gasteiger partial charge in [0.15, 0.2) is 11.6 Å². The molecular weight excluding hydrogens is 472 g/mol. The van der Waals surface area contributed by atoms with E-state index in [0.29, 0.717) is 0 Å². The van der Waals surface area contributed by atoms with Crippen LogP contribution in [0.2, 0.25) is 0 Å². The van der Waals surface area contributed by atoms with E-state index in [2.05, 4.69) is 42.5 Å². The van der Waals surface area contributed by atoms with Crippen molar-refractivity contribution in [2.75, 3.05) is 0 Å². The monoisotopic (exact) mass is 492 g/mol. The van der Waals surface area contributed by atoms with E-state index in [4.69, 9.17) is 0 Å². The van der Waals surface area contributed by atoms with Gasteiger partial charge in [-0.3, -0.25) is 9.59 Å². The second-order valence-electron chi connectivity index (χ2n) is 9.90. The van der Waals surface area contributed by atoms with Gasteiger partial charge in [-0.15, -0.1) is 0 Å². The van der Waals surface area contributed by atoms with E-state index in [1.54, 1.807) is 11.8 Å². The fourth-order valence-corrected chi connectivity index (χ4v) is 7.57. The second kappa shape index (κ2) is 7.64. The molecule has 0 amide bonds. The van der Waals surface area contributed by atoms with Gasteiger partial charge in [0, 0.05) is 49.3 Å². The molecule has 0 saturated heterocycles. The zero-order valence-corrected chi connectivity index (χ0v) is 20.6. The molecule has 37 heavy (non-hydrogen) atoms. The van der Waals surface area contributed by atoms with Crippen molar-refractivity contribution < 1.29 is 9.59 Å². The van der Waals surface area contributed by atoms with E-state index in [0.717, 1.165) is 59.5 Å². The predicted octanol–water partition coefficient (Wildman–Crippen LogP) is 8.06. The molecule has 2 atom stereocenters. The SMILES string of the molecule is O=C1C2=CC=CC3=C(Sc4ccc5c6c(cccc46)C(=O)c4ccccc4-5)C=C[C@@H](c4ccccc41)[C@H]23. The van der Waals surface area contributed by atoms with Crippen molar-refractivity contribution in [1.82, 2.24) is 0 Å². The summed E-state index contributed by atoms with van der Waals surface area (Å²) < 4.78 is 0. The van der Waals surface area contributed by atoms with Gasteiger partial charge in [0.25, 0.3) is 0 Å². The summed E-state index contributed by atoms with van der Waals surface area (Å²) in [5.74, 6) is 0.419. The second-order valence-corrected chi connectivity index (χ2v) is 11.0. The smallest absolute Gasteiger partial charge is 0.194 e. The molecule has 3 heteroatoms. The van der Waals surface area contributed by atoms with E-state index in [-0.39, 0.29) is 23.4 Å². The van der Waals surface area contributed by atoms with Crippen LogP contribution in [0.1, 0.15) is 37.8 Å². The average molecular weight is 493 g/mol. The van der Waals surface area contributed by atoms with E-state index in [9.17, 15) is 9.59 Å². The Hall–Kier alpha value is -4.21. The van der Waals surface area contributed by atoms with Crippen LogP contribution in [0.5, 0.6) is 0 Å². The zero-order valence-electron chi connectivity index (χ0n) is 19.8. The number of hydrogen-bond donors (Lipinski definition) is 0. The van der Waals surface area contributed by atoms with Gasteiger partial charge in [-0.05, 0) is 33.7 Å². The number of rotatable bonds is 2. The normalized spacial score (nSPS) is 20.5. The number of Topliss-reactive ketones (excluding diaryl/α,β-unsaturated/α-hetero) is 1. The number of carbonyl (C=O) groups is 2. The highest BCUT2D eigenvalue weighted by molar-refractivity contribution is 8.03. The topological polar surface area (TPSA) is 34.1 Å². The van der Waals surface area contributed by atoms with Gasteiger partial charge in [-0.2, -0.15) is 0 Å². The minimum absolute atomic E-state index is 0.0355. The van der Waals surface area contributed by atoms with Crippen molar-refractivity contribution in [3.05, 3.63) is 148 Å². The lowest BCUT2D eigenvalue weighted by atomic mass is 9.65. The third-order valence-electron chi connectivity index (χ3n) is 8.07. The number of carbonyl (C=O) groups excluding carboxylic acids is 2. The maximum absolute atomic E-state index is 13.4. The summed E-state index contributed by atoms with van der Waals surface area (Å²) in [5, 5.41) is 2.12. The molecule has 0 bridgehead atoms. The first kappa shape index (κ1) is 20.9. The Morgan fingerprint density at radius 3 is 2.32 bits per heavy atom. The Morgan fingerprint density at radius 2 is 1.43 bits per heavy atom. The third kappa shape index (κ3) is 2.83. The van der Waals surface area contributed by atoms with Crippen LogP contribution in [0.3, 0.4) is 0 Å². The molecule has 0 saturated carbocycles. The first-order valence-corrected chi connectivity index (χ1v) is 13.3. The Morgan fingerprint density at radius 1 is 0.649 bits per heavy atom. The van der Waals surface area contributed by atoms with Crippen molar-refractivity contribution in [3.8, 4) is 11.1 Å². The van der Waals surface area contributed by atoms with Crippen molar-refractivity contribution >= 4 is 34.1 Å². The van der Waals surface area contributed by atoms with Crippen LogP contribution >= 0.6 is 11.8 Å². The van der Waals surface area contributed by atoms with Crippen LogP contribution in [0.25, 0.3) is 21.9 Å². The summed E-state index contributed by atoms with van der Waals surface area (Å²) >= 11 is 1.73. The van der Waals surface area contributed by atoms with E-state index < -0.39 is 0 Å². The summed E-state index contributed by atoms with van der Waals surface area (Å²) in [6.07, 6.45) is 10.7. The molecule has 4 aromatic carbocycles. The molecule has 0 aliphatic heterocycles. The van der Waals surface area contributed by atoms with Gasteiger partial charge in [-0.1, -0.05) is 115 Å². The Balaban J connectivity index is 1.28. The standard InChI is InChI=1S/C34H20O2S/c35-33-23-9-3-1-7-19(23)21-15-17-29(25-11-5-13-27(33)31(21)25)37-30-18-16-22-20-8-2-4-10-24(20)34(36)28-14-6-12-26(30)32(22)28/h1-18,21,31H/t21-,31-/m0/s1. The van der Waals surface area contributed by atoms with Crippen LogP contribution in [0, 0.1) is 5.92 Å². The van der Waals surface area contributed by atoms with E-state index >= 15 is 0 Å². The van der Waals surface area contributed by atoms with Crippen molar-refractivity contribution in [3.63, 3.8) is 0 Å². The summed E-state index contributed by atoms with van der Waals surface area (Å²) in [6.45, 7) is 0. The number of fused-ring (bicyclic) bond motifs is 4. The summed E-state index contributed by atoms with van der Waals surface area (Å²) in [6, 6.07) is 26.3. The maximum atomic E-state index is 13.4. The minimum atomic E-state index is 0.0355. The largest absolute Gasteiger partial charge is 0.289 e. The molecule has 0 N–H and O–H groups in total. The molecule has 0 radical (unpaired) electrons. The van der Waals surface area contributed by atoms with Crippen molar-refractivity contribution in [2.24, 2.45) is 5.92 Å². The van der Waals surface area contributed by atoms with Crippen LogP contribution in [0.15, 0.2) is 130 Å². The number of hydrogen-bond acceptors (Lipinski definition) is 3. The zero-order chi connectivity index (χ0) is 24.7. The first-order chi connectivity index (χ1) is 18.2. The molecule has 0 unspecified atom stereocenters. The minimum Gasteiger partial charge on any atom is -0.289 e. The van der Waals surface area contributed by atoms with Crippen LogP contribution < -0.4 is 0 Å². The Labute approximate surface area is 218 Å². The fourth-order valence-electron chi connectivity index (χ4n) is 6.46. The molecule has 0 aromatic heterocycles. The number of benzene rings is 4. The van der Waals surface area contributed by atoms with Crippen molar-refractivity contribution in [1.29, 1.82) is 0 Å². The number of allylic oxidation sites excluding steroid dienone is 7. The molecule has 4 aromatic rings. The molecular formula is C34H20O2S. The highest BCUT2D eigenvalue weighted by Crippen LogP contribution is 2.52. The molecule has 8 rings (SSSR count). The molecule has 174 valence electrons. The molecule has 0 fully saturated rings. The highest BCUT2D eigenvalue weighted by atomic mass is 32.2. The Bertz CT molecular complexity index is 1850. The summed E-state index contributed by atoms with van der Waals surface area (Å²) in [4.78, 5) is 29.0. The van der Waals surface area contributed by atoms with Crippen LogP contribution in [-0.2, 0) is 0 Å². The molecule has 2 nitrogen and oxygen atoms in total. The summed E-state index contributed by atoms with van der Waals surface area (Å²) in [7, 11) is 0. The quantitative estimate of drug-likeness (QED) is 0.250. The van der Waals surface area contributed by atoms with Gasteiger partial charge in [-0.25, -0.2) is 0 Å². The van der Waals surface area contributed by atoms with Gasteiger partial charge in [0.1, 0.15) is 0 Å². The van der Waals surface area contributed by atoms with Gasteiger partial charge >= 0.3 is 0 Å². The van der Waals surface area contributed by atoms with Crippen LogP contribution in [-0.4, -0.2) is 11.6 Å². The number of thioether (sulfide) groups is 1. The van der Waals surface area contributed by atoms with Crippen LogP contribution in [0.4, 0.5) is 0 Å². The fraction of sp³-hybridized carbons (Fsp3) is 0.0588. The van der Waals surface area contributed by atoms with Gasteiger partial charge in [0.2, 0.25) is 0 Å². The van der Waals surface area contributed by atoms with Gasteiger partial charge in [0.05, 0.1) is 0 Å². The maximum Gasteiger partial charge on any atom is 0.194 e. The third-order valence-corrected chi connectivity index (χ3v) is 9.24. The average Bonchev–Trinajstić information content (AvgIpc) is 2.95. The van der Waals surface area contributed by atoms with E-state index in [1.807, 2.05) is 66.7 Å².